The molecule has 5 rings (SSSR count). The van der Waals surface area contributed by atoms with E-state index in [1.165, 1.54) is 46.2 Å². The van der Waals surface area contributed by atoms with Crippen LogP contribution in [-0.4, -0.2) is 53.7 Å². The Hall–Kier alpha value is -3.33. The molecule has 3 heterocycles. The number of amides is 2. The van der Waals surface area contributed by atoms with Crippen LogP contribution in [0.4, 0.5) is 11.4 Å². The molecule has 0 aliphatic rings. The summed E-state index contributed by atoms with van der Waals surface area (Å²) < 4.78 is 1.55. The summed E-state index contributed by atoms with van der Waals surface area (Å²) in [6.07, 6.45) is 0. The number of carbonyl (C=O) groups excluding carboxylic acids is 2. The van der Waals surface area contributed by atoms with Crippen LogP contribution in [0.3, 0.4) is 0 Å². The van der Waals surface area contributed by atoms with E-state index >= 15 is 0 Å². The Morgan fingerprint density at radius 1 is 0.811 bits per heavy atom. The summed E-state index contributed by atoms with van der Waals surface area (Å²) in [7, 11) is 0. The summed E-state index contributed by atoms with van der Waals surface area (Å²) in [6.45, 7) is 3.76. The van der Waals surface area contributed by atoms with Gasteiger partial charge in [-0.2, -0.15) is 0 Å². The number of aromatic amines is 1. The van der Waals surface area contributed by atoms with Crippen molar-refractivity contribution >= 4 is 80.4 Å². The summed E-state index contributed by atoms with van der Waals surface area (Å²) in [6, 6.07) is 13.0. The topological polar surface area (TPSA) is 138 Å². The average molecular weight is 569 g/mol. The predicted octanol–water partition coefficient (Wildman–Crippen LogP) is 5.01. The highest BCUT2D eigenvalue weighted by Gasteiger charge is 2.11. The summed E-state index contributed by atoms with van der Waals surface area (Å²) in [4.78, 5) is 32.5. The number of rotatable bonds is 9. The van der Waals surface area contributed by atoms with Crippen molar-refractivity contribution in [2.24, 2.45) is 0 Å². The molecule has 5 aromatic rings. The molecule has 10 nitrogen and oxygen atoms in total. The normalized spacial score (nSPS) is 11.1. The fourth-order valence-electron chi connectivity index (χ4n) is 3.26. The van der Waals surface area contributed by atoms with Gasteiger partial charge in [0.1, 0.15) is 15.8 Å². The van der Waals surface area contributed by atoms with Crippen molar-refractivity contribution in [1.29, 1.82) is 0 Å². The summed E-state index contributed by atoms with van der Waals surface area (Å²) in [5, 5.41) is 23.5. The summed E-state index contributed by atoms with van der Waals surface area (Å²) in [5.74, 6) is 0.983. The van der Waals surface area contributed by atoms with Crippen LogP contribution < -0.4 is 10.6 Å². The van der Waals surface area contributed by atoms with Gasteiger partial charge in [-0.1, -0.05) is 46.2 Å². The van der Waals surface area contributed by atoms with Crippen LogP contribution in [0.25, 0.3) is 22.4 Å². The van der Waals surface area contributed by atoms with Gasteiger partial charge in [-0.25, -0.2) is 4.98 Å². The Balaban J connectivity index is 1.17. The Labute approximate surface area is 228 Å². The molecule has 0 saturated carbocycles. The lowest BCUT2D eigenvalue weighted by molar-refractivity contribution is -0.114. The quantitative estimate of drug-likeness (QED) is 0.209. The van der Waals surface area contributed by atoms with E-state index in [0.717, 1.165) is 35.3 Å². The molecule has 0 atom stereocenters. The van der Waals surface area contributed by atoms with Crippen LogP contribution >= 0.6 is 46.2 Å². The third-order valence-electron chi connectivity index (χ3n) is 4.88. The predicted molar refractivity (Wildman–Crippen MR) is 150 cm³/mol. The number of anilines is 2. The number of carbonyl (C=O) groups is 2. The smallest absolute Gasteiger partial charge is 0.234 e. The number of nitrogens with one attached hydrogen (secondary N) is 3. The van der Waals surface area contributed by atoms with Gasteiger partial charge in [0, 0.05) is 16.9 Å². The molecular formula is C23H20N8O2S4. The number of aryl methyl sites for hydroxylation is 2. The van der Waals surface area contributed by atoms with Crippen molar-refractivity contribution in [3.05, 3.63) is 52.5 Å². The van der Waals surface area contributed by atoms with Crippen molar-refractivity contribution in [3.63, 3.8) is 0 Å². The van der Waals surface area contributed by atoms with Crippen LogP contribution in [0.5, 0.6) is 0 Å². The zero-order valence-electron chi connectivity index (χ0n) is 19.6. The molecule has 0 bridgehead atoms. The number of nitrogens with zero attached hydrogens (tertiary/aromatic N) is 5. The number of hydrogen-bond donors (Lipinski definition) is 3. The first kappa shape index (κ1) is 25.3. The van der Waals surface area contributed by atoms with Gasteiger partial charge in [0.2, 0.25) is 11.8 Å². The van der Waals surface area contributed by atoms with E-state index in [9.17, 15) is 9.59 Å². The fraction of sp³-hybridized carbons (Fsp3) is 0.174. The zero-order chi connectivity index (χ0) is 25.8. The molecule has 0 saturated heterocycles. The number of hydrogen-bond acceptors (Lipinski definition) is 11. The van der Waals surface area contributed by atoms with Gasteiger partial charge in [0.05, 0.1) is 22.5 Å². The number of thioether (sulfide) groups is 2. The average Bonchev–Trinajstić information content (AvgIpc) is 3.61. The van der Waals surface area contributed by atoms with Crippen molar-refractivity contribution in [1.82, 2.24) is 30.4 Å². The molecule has 0 aliphatic carbocycles. The standard InChI is InChI=1S/C23H20N8O2S4/c1-12-28-30-22(36-12)34-10-19(32)24-15-5-3-14(4-6-15)21-26-17-8-7-16(9-18(17)27-21)25-20(33)11-35-23-31-29-13(2)37-23/h3-9H,10-11H2,1-2H3,(H,24,32)(H,25,33)(H,26,27). The second-order valence-corrected chi connectivity index (χ2v) is 12.6. The molecule has 188 valence electrons. The van der Waals surface area contributed by atoms with E-state index in [4.69, 9.17) is 0 Å². The molecule has 3 N–H and O–H groups in total. The molecule has 0 fully saturated rings. The van der Waals surface area contributed by atoms with Crippen LogP contribution in [0.1, 0.15) is 10.0 Å². The van der Waals surface area contributed by atoms with Crippen LogP contribution in [0.15, 0.2) is 51.1 Å². The maximum Gasteiger partial charge on any atom is 0.234 e. The summed E-state index contributed by atoms with van der Waals surface area (Å²) in [5.41, 5.74) is 3.85. The van der Waals surface area contributed by atoms with Crippen LogP contribution in [0.2, 0.25) is 0 Å². The van der Waals surface area contributed by atoms with Crippen LogP contribution in [-0.2, 0) is 9.59 Å². The third-order valence-corrected chi connectivity index (χ3v) is 8.82. The SMILES string of the molecule is Cc1nnc(SCC(=O)Nc2ccc(-c3nc4ccc(NC(=O)CSc5nnc(C)s5)cc4[nH]3)cc2)s1. The summed E-state index contributed by atoms with van der Waals surface area (Å²) >= 11 is 5.66. The highest BCUT2D eigenvalue weighted by molar-refractivity contribution is 8.01. The number of H-pyrrole nitrogens is 1. The zero-order valence-corrected chi connectivity index (χ0v) is 22.9. The number of benzene rings is 2. The third kappa shape index (κ3) is 6.71. The Morgan fingerprint density at radius 3 is 1.95 bits per heavy atom. The maximum absolute atomic E-state index is 12.3. The van der Waals surface area contributed by atoms with Gasteiger partial charge in [-0.05, 0) is 56.3 Å². The maximum atomic E-state index is 12.3. The van der Waals surface area contributed by atoms with Gasteiger partial charge < -0.3 is 15.6 Å². The minimum Gasteiger partial charge on any atom is -0.338 e. The lowest BCUT2D eigenvalue weighted by Crippen LogP contribution is -2.13. The largest absolute Gasteiger partial charge is 0.338 e. The Morgan fingerprint density at radius 2 is 1.38 bits per heavy atom. The minimum absolute atomic E-state index is 0.110. The lowest BCUT2D eigenvalue weighted by atomic mass is 10.2. The minimum atomic E-state index is -0.119. The van der Waals surface area contributed by atoms with Crippen LogP contribution in [0, 0.1) is 13.8 Å². The van der Waals surface area contributed by atoms with Crippen molar-refractivity contribution in [2.75, 3.05) is 22.1 Å². The highest BCUT2D eigenvalue weighted by atomic mass is 32.2. The Bertz CT molecular complexity index is 1560. The molecule has 2 amide bonds. The van der Waals surface area contributed by atoms with E-state index in [1.807, 2.05) is 56.3 Å². The number of aromatic nitrogens is 6. The van der Waals surface area contributed by atoms with E-state index in [1.54, 1.807) is 0 Å². The number of imidazole rings is 1. The number of fused-ring (bicyclic) bond motifs is 1. The van der Waals surface area contributed by atoms with E-state index in [0.29, 0.717) is 17.2 Å². The van der Waals surface area contributed by atoms with E-state index < -0.39 is 0 Å². The monoisotopic (exact) mass is 568 g/mol. The molecule has 0 unspecified atom stereocenters. The molecule has 0 spiro atoms. The lowest BCUT2D eigenvalue weighted by Gasteiger charge is -2.05. The first-order chi connectivity index (χ1) is 17.9. The first-order valence-corrected chi connectivity index (χ1v) is 14.6. The van der Waals surface area contributed by atoms with Gasteiger partial charge in [0.15, 0.2) is 8.68 Å². The van der Waals surface area contributed by atoms with Gasteiger partial charge in [0.25, 0.3) is 0 Å². The molecular weight excluding hydrogens is 549 g/mol. The van der Waals surface area contributed by atoms with Gasteiger partial charge in [-0.15, -0.1) is 20.4 Å². The molecule has 3 aromatic heterocycles. The second kappa shape index (κ2) is 11.4. The molecule has 2 aromatic carbocycles. The molecule has 37 heavy (non-hydrogen) atoms. The molecule has 0 radical (unpaired) electrons. The highest BCUT2D eigenvalue weighted by Crippen LogP contribution is 2.26. The first-order valence-electron chi connectivity index (χ1n) is 11.0. The fourth-order valence-corrected chi connectivity index (χ4v) is 6.49. The van der Waals surface area contributed by atoms with Gasteiger partial charge >= 0.3 is 0 Å². The van der Waals surface area contributed by atoms with Crippen molar-refractivity contribution in [2.45, 2.75) is 22.5 Å². The van der Waals surface area contributed by atoms with Crippen molar-refractivity contribution in [3.8, 4) is 11.4 Å². The Kier molecular flexibility index (Phi) is 7.79. The van der Waals surface area contributed by atoms with E-state index in [-0.39, 0.29) is 23.3 Å². The van der Waals surface area contributed by atoms with E-state index in [2.05, 4.69) is 41.0 Å². The van der Waals surface area contributed by atoms with Gasteiger partial charge in [-0.3, -0.25) is 9.59 Å². The van der Waals surface area contributed by atoms with Crippen molar-refractivity contribution < 1.29 is 9.59 Å². The second-order valence-electron chi connectivity index (χ2n) is 7.74. The molecule has 0 aliphatic heterocycles. The molecule has 14 heteroatoms.